The maximum atomic E-state index is 3.18. The highest BCUT2D eigenvalue weighted by Crippen LogP contribution is 2.11. The fraction of sp³-hybridized carbons (Fsp3) is 0.818. The van der Waals surface area contributed by atoms with Gasteiger partial charge in [0.05, 0.1) is 0 Å². The van der Waals surface area contributed by atoms with Crippen LogP contribution in [-0.4, -0.2) is 12.8 Å². The Hall–Kier alpha value is -0.110. The molecule has 0 saturated carbocycles. The maximum Gasteiger partial charge on any atom is 0.0194 e. The zero-order valence-corrected chi connectivity index (χ0v) is 10.8. The monoisotopic (exact) mass is 203 g/mol. The molecule has 0 radical (unpaired) electrons. The topological polar surface area (TPSA) is 12.0 Å². The van der Waals surface area contributed by atoms with Crippen molar-refractivity contribution in [2.75, 3.05) is 12.8 Å². The lowest BCUT2D eigenvalue weighted by molar-refractivity contribution is 0.702. The van der Waals surface area contributed by atoms with E-state index in [0.717, 1.165) is 5.75 Å². The third-order valence-electron chi connectivity index (χ3n) is 1.29. The van der Waals surface area contributed by atoms with Crippen molar-refractivity contribution in [1.29, 1.82) is 0 Å². The molecule has 0 spiro atoms. The number of rotatable bonds is 4. The molecule has 0 fully saturated rings. The first-order chi connectivity index (χ1) is 6.13. The summed E-state index contributed by atoms with van der Waals surface area (Å²) in [6.07, 6.45) is 1.25. The Kier molecular flexibility index (Phi) is 14.1. The zero-order chi connectivity index (χ0) is 10.7. The molecule has 2 heteroatoms. The summed E-state index contributed by atoms with van der Waals surface area (Å²) in [7, 11) is 1.97. The summed E-state index contributed by atoms with van der Waals surface area (Å²) in [5.74, 6) is 1.77. The Bertz CT molecular complexity index is 119. The van der Waals surface area contributed by atoms with Crippen LogP contribution < -0.4 is 5.32 Å². The number of thioether (sulfide) groups is 1. The van der Waals surface area contributed by atoms with Crippen molar-refractivity contribution < 1.29 is 0 Å². The first-order valence-corrected chi connectivity index (χ1v) is 6.18. The molecule has 0 aromatic heterocycles. The van der Waals surface area contributed by atoms with Gasteiger partial charge in [0.2, 0.25) is 0 Å². The third kappa shape index (κ3) is 11.9. The van der Waals surface area contributed by atoms with Gasteiger partial charge in [-0.1, -0.05) is 41.0 Å². The summed E-state index contributed by atoms with van der Waals surface area (Å²) in [6, 6.07) is 0. The summed E-state index contributed by atoms with van der Waals surface area (Å²) in [5, 5.41) is 5.38. The van der Waals surface area contributed by atoms with Gasteiger partial charge < -0.3 is 5.32 Å². The normalized spacial score (nSPS) is 10.8. The van der Waals surface area contributed by atoms with Crippen molar-refractivity contribution in [2.45, 2.75) is 41.0 Å². The van der Waals surface area contributed by atoms with Crippen molar-refractivity contribution >= 4 is 11.8 Å². The molecule has 0 aliphatic rings. The molecule has 0 unspecified atom stereocenters. The first kappa shape index (κ1) is 15.4. The van der Waals surface area contributed by atoms with E-state index in [2.05, 4.69) is 45.3 Å². The molecule has 0 saturated heterocycles. The Labute approximate surface area is 88.4 Å². The van der Waals surface area contributed by atoms with Crippen LogP contribution in [0.3, 0.4) is 0 Å². The highest BCUT2D eigenvalue weighted by atomic mass is 32.2. The Balaban J connectivity index is 0. The Morgan fingerprint density at radius 2 is 1.77 bits per heavy atom. The molecule has 0 heterocycles. The van der Waals surface area contributed by atoms with Gasteiger partial charge >= 0.3 is 0 Å². The average Bonchev–Trinajstić information content (AvgIpc) is 2.06. The molecule has 0 aromatic carbocycles. The second kappa shape index (κ2) is 11.9. The first-order valence-electron chi connectivity index (χ1n) is 5.13. The third-order valence-corrected chi connectivity index (χ3v) is 2.04. The molecule has 1 nitrogen and oxygen atoms in total. The predicted octanol–water partition coefficient (Wildman–Crippen LogP) is 3.87. The van der Waals surface area contributed by atoms with E-state index < -0.39 is 0 Å². The molecule has 13 heavy (non-hydrogen) atoms. The van der Waals surface area contributed by atoms with E-state index in [1.54, 1.807) is 0 Å². The highest BCUT2D eigenvalue weighted by molar-refractivity contribution is 8.02. The van der Waals surface area contributed by atoms with Gasteiger partial charge in [-0.2, -0.15) is 0 Å². The van der Waals surface area contributed by atoms with Gasteiger partial charge in [0.15, 0.2) is 0 Å². The molecule has 0 atom stereocenters. The van der Waals surface area contributed by atoms with Crippen LogP contribution in [-0.2, 0) is 0 Å². The van der Waals surface area contributed by atoms with Crippen LogP contribution >= 0.6 is 11.8 Å². The quantitative estimate of drug-likeness (QED) is 0.744. The van der Waals surface area contributed by atoms with Crippen LogP contribution in [0, 0.1) is 5.92 Å². The summed E-state index contributed by atoms with van der Waals surface area (Å²) >= 11 is 1.84. The molecular weight excluding hydrogens is 178 g/mol. The van der Waals surface area contributed by atoms with Crippen molar-refractivity contribution in [3.63, 3.8) is 0 Å². The maximum absolute atomic E-state index is 3.18. The Morgan fingerprint density at radius 1 is 1.31 bits per heavy atom. The second-order valence-electron chi connectivity index (χ2n) is 3.14. The van der Waals surface area contributed by atoms with E-state index in [-0.39, 0.29) is 0 Å². The fourth-order valence-electron chi connectivity index (χ4n) is 0.657. The van der Waals surface area contributed by atoms with Crippen LogP contribution in [0.1, 0.15) is 41.0 Å². The molecule has 0 aliphatic heterocycles. The SMILES string of the molecule is CCC.CCS/C=C(\NC)C(C)C. The van der Waals surface area contributed by atoms with Crippen LogP contribution in [0.2, 0.25) is 0 Å². The van der Waals surface area contributed by atoms with E-state index >= 15 is 0 Å². The summed E-state index contributed by atoms with van der Waals surface area (Å²) in [6.45, 7) is 10.8. The number of hydrogen-bond donors (Lipinski definition) is 1. The van der Waals surface area contributed by atoms with Gasteiger partial charge in [-0.25, -0.2) is 0 Å². The molecular formula is C11H25NS. The molecule has 80 valence electrons. The number of nitrogens with one attached hydrogen (secondary N) is 1. The molecule has 0 bridgehead atoms. The molecule has 0 aliphatic carbocycles. The average molecular weight is 203 g/mol. The Morgan fingerprint density at radius 3 is 2.00 bits per heavy atom. The number of hydrogen-bond acceptors (Lipinski definition) is 2. The molecule has 0 aromatic rings. The summed E-state index contributed by atoms with van der Waals surface area (Å²) < 4.78 is 0. The number of allylic oxidation sites excluding steroid dienone is 1. The van der Waals surface area contributed by atoms with E-state index in [0.29, 0.717) is 5.92 Å². The van der Waals surface area contributed by atoms with Crippen molar-refractivity contribution in [1.82, 2.24) is 5.32 Å². The predicted molar refractivity (Wildman–Crippen MR) is 66.1 cm³/mol. The molecule has 1 N–H and O–H groups in total. The van der Waals surface area contributed by atoms with E-state index in [9.17, 15) is 0 Å². The summed E-state index contributed by atoms with van der Waals surface area (Å²) in [5.41, 5.74) is 1.33. The smallest absolute Gasteiger partial charge is 0.0194 e. The minimum Gasteiger partial charge on any atom is -0.391 e. The van der Waals surface area contributed by atoms with Crippen molar-refractivity contribution in [2.24, 2.45) is 5.92 Å². The van der Waals surface area contributed by atoms with Gasteiger partial charge in [-0.3, -0.25) is 0 Å². The molecule has 0 rings (SSSR count). The van der Waals surface area contributed by atoms with Crippen LogP contribution in [0.4, 0.5) is 0 Å². The lowest BCUT2D eigenvalue weighted by Crippen LogP contribution is -2.10. The minimum absolute atomic E-state index is 0.615. The largest absolute Gasteiger partial charge is 0.391 e. The van der Waals surface area contributed by atoms with Crippen LogP contribution in [0.5, 0.6) is 0 Å². The summed E-state index contributed by atoms with van der Waals surface area (Å²) in [4.78, 5) is 0. The van der Waals surface area contributed by atoms with Crippen molar-refractivity contribution in [3.8, 4) is 0 Å². The van der Waals surface area contributed by atoms with Crippen molar-refractivity contribution in [3.05, 3.63) is 11.1 Å². The lowest BCUT2D eigenvalue weighted by atomic mass is 10.2. The fourth-order valence-corrected chi connectivity index (χ4v) is 1.39. The minimum atomic E-state index is 0.615. The van der Waals surface area contributed by atoms with Crippen LogP contribution in [0.15, 0.2) is 11.1 Å². The van der Waals surface area contributed by atoms with Gasteiger partial charge in [0.1, 0.15) is 0 Å². The van der Waals surface area contributed by atoms with E-state index in [1.807, 2.05) is 18.8 Å². The second-order valence-corrected chi connectivity index (χ2v) is 4.29. The van der Waals surface area contributed by atoms with Crippen LogP contribution in [0.25, 0.3) is 0 Å². The molecule has 0 amide bonds. The van der Waals surface area contributed by atoms with Gasteiger partial charge in [-0.15, -0.1) is 11.8 Å². The van der Waals surface area contributed by atoms with Gasteiger partial charge in [-0.05, 0) is 17.1 Å². The highest BCUT2D eigenvalue weighted by Gasteiger charge is 1.97. The lowest BCUT2D eigenvalue weighted by Gasteiger charge is -2.09. The van der Waals surface area contributed by atoms with E-state index in [1.165, 1.54) is 12.1 Å². The standard InChI is InChI=1S/C8H17NS.C3H8/c1-5-10-6-8(9-4)7(2)3;1-3-2/h6-7,9H,5H2,1-4H3;3H2,1-2H3/b8-6-;. The zero-order valence-electron chi connectivity index (χ0n) is 9.98. The van der Waals surface area contributed by atoms with Gasteiger partial charge in [0, 0.05) is 12.7 Å². The van der Waals surface area contributed by atoms with Gasteiger partial charge in [0.25, 0.3) is 0 Å². The van der Waals surface area contributed by atoms with E-state index in [4.69, 9.17) is 0 Å².